The number of aliphatic carboxylic acids is 1. The first-order chi connectivity index (χ1) is 9.53. The van der Waals surface area contributed by atoms with Crippen LogP contribution < -0.4 is 0 Å². The Morgan fingerprint density at radius 3 is 2.70 bits per heavy atom. The molecule has 1 aromatic carbocycles. The van der Waals surface area contributed by atoms with Gasteiger partial charge in [0.25, 0.3) is 0 Å². The fourth-order valence-corrected chi connectivity index (χ4v) is 3.49. The molecular formula is C16H20N2O2. The van der Waals surface area contributed by atoms with Gasteiger partial charge in [-0.3, -0.25) is 4.79 Å². The van der Waals surface area contributed by atoms with E-state index in [0.29, 0.717) is 6.42 Å². The van der Waals surface area contributed by atoms with Crippen LogP contribution in [0.1, 0.15) is 37.1 Å². The van der Waals surface area contributed by atoms with Gasteiger partial charge in [0, 0.05) is 13.5 Å². The highest BCUT2D eigenvalue weighted by molar-refractivity contribution is 5.80. The van der Waals surface area contributed by atoms with Crippen LogP contribution in [0.4, 0.5) is 0 Å². The molecular weight excluding hydrogens is 252 g/mol. The van der Waals surface area contributed by atoms with Crippen molar-refractivity contribution in [3.8, 4) is 0 Å². The van der Waals surface area contributed by atoms with E-state index in [0.717, 1.165) is 42.5 Å². The van der Waals surface area contributed by atoms with Crippen LogP contribution in [0.25, 0.3) is 11.0 Å². The molecule has 1 heterocycles. The molecule has 1 fully saturated rings. The topological polar surface area (TPSA) is 55.1 Å². The van der Waals surface area contributed by atoms with Gasteiger partial charge in [0.15, 0.2) is 0 Å². The molecule has 1 saturated carbocycles. The Hall–Kier alpha value is -1.84. The number of carboxylic acid groups (broad SMARTS) is 1. The van der Waals surface area contributed by atoms with E-state index in [1.54, 1.807) is 0 Å². The molecule has 2 aromatic rings. The quantitative estimate of drug-likeness (QED) is 0.934. The molecule has 0 amide bonds. The Morgan fingerprint density at radius 2 is 2.10 bits per heavy atom. The number of rotatable bonds is 3. The molecule has 1 aliphatic carbocycles. The molecule has 1 aromatic heterocycles. The van der Waals surface area contributed by atoms with E-state index in [1.807, 2.05) is 19.2 Å². The third-order valence-corrected chi connectivity index (χ3v) is 4.70. The number of para-hydroxylation sites is 1. The summed E-state index contributed by atoms with van der Waals surface area (Å²) in [5.74, 6) is 0.220. The van der Waals surface area contributed by atoms with Gasteiger partial charge in [0.05, 0.1) is 16.4 Å². The molecule has 1 aliphatic rings. The maximum atomic E-state index is 11.7. The number of benzene rings is 1. The predicted molar refractivity (Wildman–Crippen MR) is 77.7 cm³/mol. The lowest BCUT2D eigenvalue weighted by molar-refractivity contribution is -0.148. The largest absolute Gasteiger partial charge is 0.481 e. The Labute approximate surface area is 118 Å². The zero-order valence-electron chi connectivity index (χ0n) is 12.0. The number of imidazole rings is 1. The molecule has 0 atom stereocenters. The van der Waals surface area contributed by atoms with Crippen LogP contribution >= 0.6 is 0 Å². The van der Waals surface area contributed by atoms with Crippen molar-refractivity contribution in [2.24, 2.45) is 12.5 Å². The highest BCUT2D eigenvalue weighted by Crippen LogP contribution is 2.41. The lowest BCUT2D eigenvalue weighted by Gasteiger charge is -2.23. The molecule has 0 bridgehead atoms. The van der Waals surface area contributed by atoms with Crippen molar-refractivity contribution in [1.29, 1.82) is 0 Å². The number of fused-ring (bicyclic) bond motifs is 1. The fraction of sp³-hybridized carbons (Fsp3) is 0.500. The number of carboxylic acids is 1. The van der Waals surface area contributed by atoms with Gasteiger partial charge >= 0.3 is 5.97 Å². The Bertz CT molecular complexity index is 666. The first-order valence-corrected chi connectivity index (χ1v) is 7.18. The van der Waals surface area contributed by atoms with Gasteiger partial charge in [-0.25, -0.2) is 4.98 Å². The molecule has 4 nitrogen and oxygen atoms in total. The minimum absolute atomic E-state index is 0.535. The summed E-state index contributed by atoms with van der Waals surface area (Å²) in [7, 11) is 1.99. The van der Waals surface area contributed by atoms with Gasteiger partial charge in [-0.2, -0.15) is 0 Å². The van der Waals surface area contributed by atoms with E-state index in [2.05, 4.69) is 22.5 Å². The number of carbonyl (C=O) groups is 1. The number of aryl methyl sites for hydroxylation is 2. The maximum absolute atomic E-state index is 11.7. The van der Waals surface area contributed by atoms with Crippen molar-refractivity contribution >= 4 is 17.0 Å². The summed E-state index contributed by atoms with van der Waals surface area (Å²) >= 11 is 0. The SMILES string of the molecule is Cc1cccc2nc(CC3(C(=O)O)CCCC3)n(C)c12. The molecule has 106 valence electrons. The lowest BCUT2D eigenvalue weighted by atomic mass is 9.82. The van der Waals surface area contributed by atoms with Crippen molar-refractivity contribution in [3.05, 3.63) is 29.6 Å². The van der Waals surface area contributed by atoms with E-state index >= 15 is 0 Å². The first-order valence-electron chi connectivity index (χ1n) is 7.18. The molecule has 0 saturated heterocycles. The second kappa shape index (κ2) is 4.62. The highest BCUT2D eigenvalue weighted by atomic mass is 16.4. The smallest absolute Gasteiger partial charge is 0.310 e. The summed E-state index contributed by atoms with van der Waals surface area (Å²) < 4.78 is 2.06. The van der Waals surface area contributed by atoms with Crippen LogP contribution in [0.2, 0.25) is 0 Å². The summed E-state index contributed by atoms with van der Waals surface area (Å²) in [6.45, 7) is 2.07. The highest BCUT2D eigenvalue weighted by Gasteiger charge is 2.42. The molecule has 0 unspecified atom stereocenters. The van der Waals surface area contributed by atoms with Gasteiger partial charge in [-0.1, -0.05) is 25.0 Å². The monoisotopic (exact) mass is 272 g/mol. The van der Waals surface area contributed by atoms with Crippen molar-refractivity contribution in [1.82, 2.24) is 9.55 Å². The summed E-state index contributed by atoms with van der Waals surface area (Å²) in [6.07, 6.45) is 4.09. The van der Waals surface area contributed by atoms with Gasteiger partial charge in [0.1, 0.15) is 5.82 Å². The van der Waals surface area contributed by atoms with E-state index < -0.39 is 11.4 Å². The van der Waals surface area contributed by atoms with Gasteiger partial charge in [-0.05, 0) is 31.4 Å². The van der Waals surface area contributed by atoms with E-state index in [4.69, 9.17) is 0 Å². The van der Waals surface area contributed by atoms with E-state index in [-0.39, 0.29) is 0 Å². The molecule has 1 N–H and O–H groups in total. The molecule has 0 aliphatic heterocycles. The van der Waals surface area contributed by atoms with Gasteiger partial charge in [-0.15, -0.1) is 0 Å². The maximum Gasteiger partial charge on any atom is 0.310 e. The second-order valence-corrected chi connectivity index (χ2v) is 6.00. The van der Waals surface area contributed by atoms with Crippen LogP contribution in [0.5, 0.6) is 0 Å². The number of hydrogen-bond donors (Lipinski definition) is 1. The third kappa shape index (κ3) is 1.90. The number of aromatic nitrogens is 2. The third-order valence-electron chi connectivity index (χ3n) is 4.70. The zero-order valence-corrected chi connectivity index (χ0v) is 12.0. The lowest BCUT2D eigenvalue weighted by Crippen LogP contribution is -2.31. The minimum Gasteiger partial charge on any atom is -0.481 e. The molecule has 4 heteroatoms. The van der Waals surface area contributed by atoms with E-state index in [9.17, 15) is 9.90 Å². The van der Waals surface area contributed by atoms with Crippen molar-refractivity contribution in [3.63, 3.8) is 0 Å². The second-order valence-electron chi connectivity index (χ2n) is 6.00. The first kappa shape index (κ1) is 13.2. The van der Waals surface area contributed by atoms with Crippen LogP contribution in [0.15, 0.2) is 18.2 Å². The normalized spacial score (nSPS) is 17.7. The summed E-state index contributed by atoms with van der Waals surface area (Å²) in [5, 5.41) is 9.61. The van der Waals surface area contributed by atoms with E-state index in [1.165, 1.54) is 5.56 Å². The van der Waals surface area contributed by atoms with Crippen molar-refractivity contribution < 1.29 is 9.90 Å². The van der Waals surface area contributed by atoms with Crippen LogP contribution in [0, 0.1) is 12.3 Å². The standard InChI is InChI=1S/C16H20N2O2/c1-11-6-5-7-12-14(11)18(2)13(17-12)10-16(15(19)20)8-3-4-9-16/h5-7H,3-4,8-10H2,1-2H3,(H,19,20). The van der Waals surface area contributed by atoms with Crippen molar-refractivity contribution in [2.75, 3.05) is 0 Å². The molecule has 0 spiro atoms. The summed E-state index contributed by atoms with van der Waals surface area (Å²) in [4.78, 5) is 16.3. The average Bonchev–Trinajstić information content (AvgIpc) is 2.98. The Morgan fingerprint density at radius 1 is 1.40 bits per heavy atom. The number of nitrogens with zero attached hydrogens (tertiary/aromatic N) is 2. The molecule has 20 heavy (non-hydrogen) atoms. The average molecular weight is 272 g/mol. The number of hydrogen-bond acceptors (Lipinski definition) is 2. The Balaban J connectivity index is 2.05. The van der Waals surface area contributed by atoms with Gasteiger partial charge < -0.3 is 9.67 Å². The van der Waals surface area contributed by atoms with Crippen LogP contribution in [-0.2, 0) is 18.3 Å². The fourth-order valence-electron chi connectivity index (χ4n) is 3.49. The zero-order chi connectivity index (χ0) is 14.3. The molecule has 3 rings (SSSR count). The van der Waals surface area contributed by atoms with Gasteiger partial charge in [0.2, 0.25) is 0 Å². The molecule has 0 radical (unpaired) electrons. The summed E-state index contributed by atoms with van der Waals surface area (Å²) in [5.41, 5.74) is 2.64. The van der Waals surface area contributed by atoms with Crippen molar-refractivity contribution in [2.45, 2.75) is 39.0 Å². The predicted octanol–water partition coefficient (Wildman–Crippen LogP) is 3.07. The summed E-state index contributed by atoms with van der Waals surface area (Å²) in [6, 6.07) is 6.06. The van der Waals surface area contributed by atoms with Crippen LogP contribution in [0.3, 0.4) is 0 Å². The minimum atomic E-state index is -0.668. The Kier molecular flexibility index (Phi) is 3.04. The van der Waals surface area contributed by atoms with Crippen LogP contribution in [-0.4, -0.2) is 20.6 Å².